The summed E-state index contributed by atoms with van der Waals surface area (Å²) < 4.78 is 4.55. The van der Waals surface area contributed by atoms with Gasteiger partial charge in [0.15, 0.2) is 11.0 Å². The number of ether oxygens (including phenoxy) is 1. The molecule has 1 fully saturated rings. The summed E-state index contributed by atoms with van der Waals surface area (Å²) in [5, 5.41) is 1.81. The SMILES string of the molecule is COC(=O)[C@H]1SC[C@@H](NC(=O)c2ccccc2)C1=O. The van der Waals surface area contributed by atoms with Crippen LogP contribution in [0.4, 0.5) is 0 Å². The molecule has 0 radical (unpaired) electrons. The van der Waals surface area contributed by atoms with Crippen molar-refractivity contribution in [3.05, 3.63) is 35.9 Å². The third-order valence-electron chi connectivity index (χ3n) is 2.79. The fraction of sp³-hybridized carbons (Fsp3) is 0.308. The first-order valence-electron chi connectivity index (χ1n) is 5.72. The second kappa shape index (κ2) is 5.88. The van der Waals surface area contributed by atoms with Gasteiger partial charge in [-0.05, 0) is 12.1 Å². The molecule has 6 heteroatoms. The van der Waals surface area contributed by atoms with Crippen LogP contribution in [0, 0.1) is 0 Å². The van der Waals surface area contributed by atoms with E-state index >= 15 is 0 Å². The minimum absolute atomic E-state index is 0.305. The van der Waals surface area contributed by atoms with Crippen LogP contribution < -0.4 is 5.32 Å². The lowest BCUT2D eigenvalue weighted by atomic mass is 10.1. The van der Waals surface area contributed by atoms with Gasteiger partial charge < -0.3 is 10.1 Å². The molecule has 1 aliphatic heterocycles. The van der Waals surface area contributed by atoms with Gasteiger partial charge in [0.25, 0.3) is 5.91 Å². The molecule has 0 spiro atoms. The van der Waals surface area contributed by atoms with Crippen molar-refractivity contribution < 1.29 is 19.1 Å². The van der Waals surface area contributed by atoms with Crippen molar-refractivity contribution in [2.45, 2.75) is 11.3 Å². The number of amides is 1. The molecule has 0 aromatic heterocycles. The third-order valence-corrected chi connectivity index (χ3v) is 4.07. The summed E-state index contributed by atoms with van der Waals surface area (Å²) in [6.07, 6.45) is 0. The predicted molar refractivity (Wildman–Crippen MR) is 71.0 cm³/mol. The topological polar surface area (TPSA) is 72.5 Å². The van der Waals surface area contributed by atoms with E-state index in [1.165, 1.54) is 18.9 Å². The Morgan fingerprint density at radius 2 is 2.00 bits per heavy atom. The highest BCUT2D eigenvalue weighted by Crippen LogP contribution is 2.24. The van der Waals surface area contributed by atoms with E-state index in [4.69, 9.17) is 0 Å². The van der Waals surface area contributed by atoms with E-state index in [0.29, 0.717) is 11.3 Å². The summed E-state index contributed by atoms with van der Waals surface area (Å²) in [7, 11) is 1.24. The Morgan fingerprint density at radius 1 is 1.32 bits per heavy atom. The highest BCUT2D eigenvalue weighted by molar-refractivity contribution is 8.02. The van der Waals surface area contributed by atoms with Gasteiger partial charge in [-0.25, -0.2) is 0 Å². The Balaban J connectivity index is 2.00. The van der Waals surface area contributed by atoms with Crippen molar-refractivity contribution >= 4 is 29.4 Å². The number of benzene rings is 1. The first-order valence-corrected chi connectivity index (χ1v) is 6.77. The Kier molecular flexibility index (Phi) is 4.21. The standard InChI is InChI=1S/C13H13NO4S/c1-18-13(17)11-10(15)9(7-19-11)14-12(16)8-5-3-2-4-6-8/h2-6,9,11H,7H2,1H3,(H,14,16)/t9-,11+/m1/s1. The molecule has 1 aliphatic rings. The van der Waals surface area contributed by atoms with E-state index in [0.717, 1.165) is 0 Å². The van der Waals surface area contributed by atoms with Crippen molar-refractivity contribution in [3.63, 3.8) is 0 Å². The summed E-state index contributed by atoms with van der Waals surface area (Å²) in [5.74, 6) is -0.797. The van der Waals surface area contributed by atoms with Gasteiger partial charge in [-0.2, -0.15) is 0 Å². The van der Waals surface area contributed by atoms with Crippen LogP contribution in [0.1, 0.15) is 10.4 Å². The highest BCUT2D eigenvalue weighted by atomic mass is 32.2. The van der Waals surface area contributed by atoms with Crippen molar-refractivity contribution in [1.29, 1.82) is 0 Å². The van der Waals surface area contributed by atoms with E-state index in [9.17, 15) is 14.4 Å². The van der Waals surface area contributed by atoms with Gasteiger partial charge in [0, 0.05) is 11.3 Å². The van der Waals surface area contributed by atoms with Gasteiger partial charge in [-0.3, -0.25) is 14.4 Å². The maximum absolute atomic E-state index is 11.9. The molecular formula is C13H13NO4S. The molecule has 1 amide bonds. The summed E-state index contributed by atoms with van der Waals surface area (Å²) >= 11 is 1.19. The first-order chi connectivity index (χ1) is 9.13. The van der Waals surface area contributed by atoms with Crippen LogP contribution in [0.5, 0.6) is 0 Å². The minimum Gasteiger partial charge on any atom is -0.468 e. The molecule has 0 unspecified atom stereocenters. The van der Waals surface area contributed by atoms with Gasteiger partial charge in [0.05, 0.1) is 13.2 Å². The molecule has 0 aliphatic carbocycles. The second-order valence-electron chi connectivity index (χ2n) is 4.03. The molecule has 1 heterocycles. The van der Waals surface area contributed by atoms with Gasteiger partial charge in [0.1, 0.15) is 0 Å². The van der Waals surface area contributed by atoms with Crippen molar-refractivity contribution in [2.24, 2.45) is 0 Å². The molecule has 1 aromatic rings. The molecule has 0 saturated carbocycles. The summed E-state index contributed by atoms with van der Waals surface area (Å²) in [6, 6.07) is 8.00. The Labute approximate surface area is 114 Å². The lowest BCUT2D eigenvalue weighted by Crippen LogP contribution is -2.42. The van der Waals surface area contributed by atoms with Crippen molar-refractivity contribution in [2.75, 3.05) is 12.9 Å². The van der Waals surface area contributed by atoms with Crippen LogP contribution in [0.25, 0.3) is 0 Å². The van der Waals surface area contributed by atoms with E-state index in [1.54, 1.807) is 30.3 Å². The van der Waals surface area contributed by atoms with Crippen LogP contribution in [0.15, 0.2) is 30.3 Å². The van der Waals surface area contributed by atoms with Crippen LogP contribution >= 0.6 is 11.8 Å². The summed E-state index contributed by atoms with van der Waals surface area (Å²) in [6.45, 7) is 0. The number of nitrogens with one attached hydrogen (secondary N) is 1. The minimum atomic E-state index is -0.828. The number of rotatable bonds is 3. The van der Waals surface area contributed by atoms with Crippen molar-refractivity contribution in [3.8, 4) is 0 Å². The van der Waals surface area contributed by atoms with Crippen molar-refractivity contribution in [1.82, 2.24) is 5.32 Å². The average molecular weight is 279 g/mol. The van der Waals surface area contributed by atoms with Crippen LogP contribution in [-0.2, 0) is 14.3 Å². The zero-order valence-electron chi connectivity index (χ0n) is 10.3. The van der Waals surface area contributed by atoms with Gasteiger partial charge in [0.2, 0.25) is 0 Å². The van der Waals surface area contributed by atoms with E-state index in [-0.39, 0.29) is 11.7 Å². The monoisotopic (exact) mass is 279 g/mol. The molecule has 1 aromatic carbocycles. The fourth-order valence-electron chi connectivity index (χ4n) is 1.77. The van der Waals surface area contributed by atoms with E-state index < -0.39 is 17.3 Å². The lowest BCUT2D eigenvalue weighted by Gasteiger charge is -2.11. The molecule has 1 N–H and O–H groups in total. The summed E-state index contributed by atoms with van der Waals surface area (Å²) in [5.41, 5.74) is 0.488. The number of methoxy groups -OCH3 is 1. The maximum atomic E-state index is 11.9. The third kappa shape index (κ3) is 2.96. The Bertz CT molecular complexity index is 503. The number of ketones is 1. The molecule has 2 rings (SSSR count). The second-order valence-corrected chi connectivity index (χ2v) is 5.17. The first kappa shape index (κ1) is 13.6. The number of carbonyl (C=O) groups is 3. The molecule has 5 nitrogen and oxygen atoms in total. The number of Topliss-reactive ketones (excluding diaryl/α,β-unsaturated/α-hetero) is 1. The van der Waals surface area contributed by atoms with Gasteiger partial charge in [-0.1, -0.05) is 18.2 Å². The molecule has 1 saturated heterocycles. The number of carbonyl (C=O) groups excluding carboxylic acids is 3. The predicted octanol–water partition coefficient (Wildman–Crippen LogP) is 0.642. The highest BCUT2D eigenvalue weighted by Gasteiger charge is 2.41. The smallest absolute Gasteiger partial charge is 0.326 e. The molecule has 2 atom stereocenters. The Hall–Kier alpha value is -1.82. The van der Waals surface area contributed by atoms with E-state index in [2.05, 4.69) is 10.1 Å². The number of hydrogen-bond donors (Lipinski definition) is 1. The molecule has 19 heavy (non-hydrogen) atoms. The van der Waals surface area contributed by atoms with Gasteiger partial charge in [-0.15, -0.1) is 11.8 Å². The average Bonchev–Trinajstić information content (AvgIpc) is 2.80. The van der Waals surface area contributed by atoms with Crippen LogP contribution in [0.3, 0.4) is 0 Å². The Morgan fingerprint density at radius 3 is 2.63 bits per heavy atom. The zero-order valence-corrected chi connectivity index (χ0v) is 11.1. The molecule has 100 valence electrons. The maximum Gasteiger partial charge on any atom is 0.326 e. The number of hydrogen-bond acceptors (Lipinski definition) is 5. The van der Waals surface area contributed by atoms with Crippen LogP contribution in [-0.4, -0.2) is 41.8 Å². The van der Waals surface area contributed by atoms with Gasteiger partial charge >= 0.3 is 5.97 Å². The number of esters is 1. The van der Waals surface area contributed by atoms with Crippen LogP contribution in [0.2, 0.25) is 0 Å². The molecular weight excluding hydrogens is 266 g/mol. The quantitative estimate of drug-likeness (QED) is 0.649. The summed E-state index contributed by atoms with van der Waals surface area (Å²) in [4.78, 5) is 35.2. The lowest BCUT2D eigenvalue weighted by molar-refractivity contribution is -0.142. The largest absolute Gasteiger partial charge is 0.468 e. The zero-order chi connectivity index (χ0) is 13.8. The normalized spacial score (nSPS) is 22.1. The number of thioether (sulfide) groups is 1. The van der Waals surface area contributed by atoms with E-state index in [1.807, 2.05) is 0 Å². The molecule has 0 bridgehead atoms. The fourth-order valence-corrected chi connectivity index (χ4v) is 2.97.